The van der Waals surface area contributed by atoms with Gasteiger partial charge in [0.25, 0.3) is 0 Å². The van der Waals surface area contributed by atoms with Crippen LogP contribution in [-0.4, -0.2) is 29.3 Å². The van der Waals surface area contributed by atoms with Gasteiger partial charge in [-0.3, -0.25) is 4.68 Å². The highest BCUT2D eigenvalue weighted by atomic mass is 16.8. The number of hydrogen-bond donors (Lipinski definition) is 0. The maximum absolute atomic E-state index is 11.8. The zero-order valence-electron chi connectivity index (χ0n) is 19.4. The summed E-state index contributed by atoms with van der Waals surface area (Å²) >= 11 is 0. The quantitative estimate of drug-likeness (QED) is 0.262. The van der Waals surface area contributed by atoms with Crippen molar-refractivity contribution in [3.63, 3.8) is 0 Å². The van der Waals surface area contributed by atoms with Crippen molar-refractivity contribution in [2.24, 2.45) is 13.0 Å². The van der Waals surface area contributed by atoms with Crippen molar-refractivity contribution in [3.05, 3.63) is 52.8 Å². The maximum atomic E-state index is 11.8. The molecule has 0 fully saturated rings. The van der Waals surface area contributed by atoms with Crippen molar-refractivity contribution < 1.29 is 19.0 Å². The Morgan fingerprint density at radius 2 is 1.81 bits per heavy atom. The van der Waals surface area contributed by atoms with Crippen molar-refractivity contribution in [1.29, 1.82) is 5.26 Å². The molecule has 0 unspecified atom stereocenters. The molecule has 0 N–H and O–H groups in total. The third-order valence-corrected chi connectivity index (χ3v) is 4.53. The standard InChI is InChI=1S/C24H31N3O4/c1-16(2)14-29-23(28)31-15-30-22(21-12-17(3)26-27(21)7)20(13-25)18-8-10-19(11-9-18)24(4,5)6/h8-12,16H,14-15H2,1-7H3/b22-20-. The minimum absolute atomic E-state index is 0.00226. The molecule has 1 heterocycles. The molecule has 166 valence electrons. The normalized spacial score (nSPS) is 12.2. The first-order valence-corrected chi connectivity index (χ1v) is 10.2. The summed E-state index contributed by atoms with van der Waals surface area (Å²) in [6, 6.07) is 11.8. The van der Waals surface area contributed by atoms with Gasteiger partial charge in [0.1, 0.15) is 17.3 Å². The Labute approximate surface area is 184 Å². The van der Waals surface area contributed by atoms with Gasteiger partial charge < -0.3 is 14.2 Å². The molecule has 1 aromatic heterocycles. The van der Waals surface area contributed by atoms with Crippen LogP contribution in [0.25, 0.3) is 11.3 Å². The van der Waals surface area contributed by atoms with Gasteiger partial charge in [-0.1, -0.05) is 58.9 Å². The fourth-order valence-corrected chi connectivity index (χ4v) is 2.89. The van der Waals surface area contributed by atoms with Gasteiger partial charge in [-0.05, 0) is 35.4 Å². The molecule has 31 heavy (non-hydrogen) atoms. The molecule has 1 aromatic carbocycles. The summed E-state index contributed by atoms with van der Waals surface area (Å²) in [5.41, 5.74) is 3.56. The monoisotopic (exact) mass is 425 g/mol. The highest BCUT2D eigenvalue weighted by molar-refractivity contribution is 5.94. The largest absolute Gasteiger partial charge is 0.511 e. The zero-order valence-corrected chi connectivity index (χ0v) is 19.4. The number of nitriles is 1. The van der Waals surface area contributed by atoms with Gasteiger partial charge >= 0.3 is 6.16 Å². The number of rotatable bonds is 7. The molecule has 0 amide bonds. The molecular formula is C24H31N3O4. The van der Waals surface area contributed by atoms with Crippen LogP contribution >= 0.6 is 0 Å². The lowest BCUT2D eigenvalue weighted by Gasteiger charge is -2.19. The van der Waals surface area contributed by atoms with Crippen LogP contribution in [0.1, 0.15) is 57.1 Å². The first-order chi connectivity index (χ1) is 14.5. The molecule has 0 saturated carbocycles. The van der Waals surface area contributed by atoms with E-state index in [4.69, 9.17) is 14.2 Å². The predicted octanol–water partition coefficient (Wildman–Crippen LogP) is 5.20. The van der Waals surface area contributed by atoms with E-state index in [1.165, 1.54) is 0 Å². The molecule has 7 heteroatoms. The van der Waals surface area contributed by atoms with Gasteiger partial charge in [0, 0.05) is 7.05 Å². The lowest BCUT2D eigenvalue weighted by atomic mass is 9.86. The van der Waals surface area contributed by atoms with Crippen LogP contribution in [0.15, 0.2) is 30.3 Å². The van der Waals surface area contributed by atoms with E-state index in [9.17, 15) is 10.1 Å². The predicted molar refractivity (Wildman–Crippen MR) is 119 cm³/mol. The zero-order chi connectivity index (χ0) is 23.2. The van der Waals surface area contributed by atoms with E-state index in [1.54, 1.807) is 11.7 Å². The van der Waals surface area contributed by atoms with E-state index in [0.29, 0.717) is 16.8 Å². The molecule has 0 atom stereocenters. The molecule has 0 aliphatic carbocycles. The number of nitrogens with zero attached hydrogens (tertiary/aromatic N) is 3. The van der Waals surface area contributed by atoms with Gasteiger partial charge in [-0.25, -0.2) is 4.79 Å². The third-order valence-electron chi connectivity index (χ3n) is 4.53. The number of hydrogen-bond acceptors (Lipinski definition) is 6. The number of carbonyl (C=O) groups excluding carboxylic acids is 1. The second-order valence-corrected chi connectivity index (χ2v) is 8.80. The lowest BCUT2D eigenvalue weighted by molar-refractivity contribution is -0.00945. The fourth-order valence-electron chi connectivity index (χ4n) is 2.89. The molecule has 2 rings (SSSR count). The van der Waals surface area contributed by atoms with Crippen LogP contribution in [0, 0.1) is 24.2 Å². The van der Waals surface area contributed by atoms with Crippen LogP contribution in [0.4, 0.5) is 4.79 Å². The van der Waals surface area contributed by atoms with Gasteiger partial charge in [0.05, 0.1) is 12.3 Å². The first kappa shape index (κ1) is 24.0. The first-order valence-electron chi connectivity index (χ1n) is 10.2. The van der Waals surface area contributed by atoms with Crippen molar-refractivity contribution in [2.45, 2.75) is 47.0 Å². The molecule has 0 saturated heterocycles. The van der Waals surface area contributed by atoms with Crippen LogP contribution in [0.5, 0.6) is 0 Å². The maximum Gasteiger partial charge on any atom is 0.511 e. The number of aromatic nitrogens is 2. The Morgan fingerprint density at radius 1 is 1.16 bits per heavy atom. The second kappa shape index (κ2) is 10.2. The van der Waals surface area contributed by atoms with Crippen molar-refractivity contribution in [2.75, 3.05) is 13.4 Å². The minimum Gasteiger partial charge on any atom is -0.454 e. The van der Waals surface area contributed by atoms with Gasteiger partial charge in [0.2, 0.25) is 6.79 Å². The summed E-state index contributed by atoms with van der Waals surface area (Å²) in [4.78, 5) is 11.8. The second-order valence-electron chi connectivity index (χ2n) is 8.80. The van der Waals surface area contributed by atoms with Crippen LogP contribution in [0.3, 0.4) is 0 Å². The van der Waals surface area contributed by atoms with E-state index in [-0.39, 0.29) is 30.5 Å². The number of allylic oxidation sites excluding steroid dienone is 1. The van der Waals surface area contributed by atoms with E-state index >= 15 is 0 Å². The Morgan fingerprint density at radius 3 is 2.29 bits per heavy atom. The topological polar surface area (TPSA) is 86.4 Å². The Hall–Kier alpha value is -3.27. The molecule has 0 spiro atoms. The van der Waals surface area contributed by atoms with E-state index in [2.05, 4.69) is 31.9 Å². The van der Waals surface area contributed by atoms with E-state index < -0.39 is 6.16 Å². The van der Waals surface area contributed by atoms with Crippen LogP contribution in [0.2, 0.25) is 0 Å². The molecular weight excluding hydrogens is 394 g/mol. The molecule has 0 aliphatic rings. The summed E-state index contributed by atoms with van der Waals surface area (Å²) in [7, 11) is 1.77. The highest BCUT2D eigenvalue weighted by Gasteiger charge is 2.20. The minimum atomic E-state index is -0.817. The average Bonchev–Trinajstić information content (AvgIpc) is 3.03. The van der Waals surface area contributed by atoms with Gasteiger partial charge in [-0.15, -0.1) is 0 Å². The summed E-state index contributed by atoms with van der Waals surface area (Å²) < 4.78 is 17.4. The molecule has 0 aliphatic heterocycles. The molecule has 7 nitrogen and oxygen atoms in total. The number of benzene rings is 1. The van der Waals surface area contributed by atoms with E-state index in [1.807, 2.05) is 51.1 Å². The number of ether oxygens (including phenoxy) is 3. The van der Waals surface area contributed by atoms with Crippen molar-refractivity contribution >= 4 is 17.5 Å². The molecule has 2 aromatic rings. The summed E-state index contributed by atoms with van der Waals surface area (Å²) in [6.07, 6.45) is -0.817. The Bertz CT molecular complexity index is 974. The van der Waals surface area contributed by atoms with Crippen LogP contribution in [-0.2, 0) is 26.7 Å². The average molecular weight is 426 g/mol. The fraction of sp³-hybridized carbons (Fsp3) is 0.458. The summed E-state index contributed by atoms with van der Waals surface area (Å²) in [5.74, 6) is 0.480. The van der Waals surface area contributed by atoms with Crippen molar-refractivity contribution in [3.8, 4) is 6.07 Å². The molecule has 0 radical (unpaired) electrons. The Balaban J connectivity index is 2.36. The summed E-state index contributed by atoms with van der Waals surface area (Å²) in [6.45, 7) is 12.0. The van der Waals surface area contributed by atoms with Gasteiger partial charge in [-0.2, -0.15) is 10.4 Å². The lowest BCUT2D eigenvalue weighted by Crippen LogP contribution is -2.14. The highest BCUT2D eigenvalue weighted by Crippen LogP contribution is 2.30. The Kier molecular flexibility index (Phi) is 7.87. The van der Waals surface area contributed by atoms with Crippen LogP contribution < -0.4 is 0 Å². The number of carbonyl (C=O) groups is 1. The van der Waals surface area contributed by atoms with Crippen molar-refractivity contribution in [1.82, 2.24) is 9.78 Å². The summed E-state index contributed by atoms with van der Waals surface area (Å²) in [5, 5.41) is 14.3. The smallest absolute Gasteiger partial charge is 0.454 e. The molecule has 0 bridgehead atoms. The van der Waals surface area contributed by atoms with E-state index in [0.717, 1.165) is 11.3 Å². The number of aryl methyl sites for hydroxylation is 2. The third kappa shape index (κ3) is 6.61. The SMILES string of the molecule is Cc1cc(/C(OCOC(=O)OCC(C)C)=C(\C#N)c2ccc(C(C)(C)C)cc2)n(C)n1. The van der Waals surface area contributed by atoms with Gasteiger partial charge in [0.15, 0.2) is 5.76 Å².